The van der Waals surface area contributed by atoms with E-state index < -0.39 is 0 Å². The van der Waals surface area contributed by atoms with Crippen molar-refractivity contribution in [3.05, 3.63) is 47.5 Å². The SMILES string of the molecule is CCCc1ccc(C2CCC(C=CC3CCC(C=O)CC3)CC2)cc1. The van der Waals surface area contributed by atoms with Crippen LogP contribution in [0.15, 0.2) is 36.4 Å². The highest BCUT2D eigenvalue weighted by atomic mass is 16.1. The van der Waals surface area contributed by atoms with Crippen LogP contribution in [0.25, 0.3) is 0 Å². The average Bonchev–Trinajstić information content (AvgIpc) is 2.68. The zero-order valence-electron chi connectivity index (χ0n) is 15.8. The normalized spacial score (nSPS) is 30.4. The first kappa shape index (κ1) is 18.4. The molecule has 1 heteroatoms. The Morgan fingerprint density at radius 2 is 1.32 bits per heavy atom. The Bertz CT molecular complexity index is 540. The van der Waals surface area contributed by atoms with Gasteiger partial charge in [0.05, 0.1) is 0 Å². The van der Waals surface area contributed by atoms with Gasteiger partial charge in [-0.05, 0) is 86.7 Å². The van der Waals surface area contributed by atoms with Gasteiger partial charge >= 0.3 is 0 Å². The van der Waals surface area contributed by atoms with Crippen molar-refractivity contribution in [1.29, 1.82) is 0 Å². The first-order valence-electron chi connectivity index (χ1n) is 10.5. The molecule has 0 bridgehead atoms. The molecule has 0 saturated heterocycles. The van der Waals surface area contributed by atoms with E-state index in [1.807, 2.05) is 0 Å². The minimum atomic E-state index is 0.337. The summed E-state index contributed by atoms with van der Waals surface area (Å²) in [6.45, 7) is 2.25. The molecule has 0 radical (unpaired) electrons. The van der Waals surface area contributed by atoms with Crippen molar-refractivity contribution >= 4 is 6.29 Å². The Labute approximate surface area is 153 Å². The standard InChI is InChI=1S/C24H34O/c1-2-3-19-10-14-23(15-11-19)24-16-12-21(13-17-24)5-4-20-6-8-22(18-25)9-7-20/h4-5,10-11,14-15,18,20-22,24H,2-3,6-9,12-13,16-17H2,1H3. The highest BCUT2D eigenvalue weighted by molar-refractivity contribution is 5.53. The minimum absolute atomic E-state index is 0.337. The van der Waals surface area contributed by atoms with Crippen LogP contribution in [0.2, 0.25) is 0 Å². The van der Waals surface area contributed by atoms with Gasteiger partial charge in [0.15, 0.2) is 0 Å². The molecule has 3 rings (SSSR count). The van der Waals surface area contributed by atoms with Gasteiger partial charge in [-0.25, -0.2) is 0 Å². The van der Waals surface area contributed by atoms with Crippen molar-refractivity contribution in [3.8, 4) is 0 Å². The van der Waals surface area contributed by atoms with Crippen LogP contribution in [-0.4, -0.2) is 6.29 Å². The third kappa shape index (κ3) is 5.30. The molecule has 25 heavy (non-hydrogen) atoms. The van der Waals surface area contributed by atoms with Crippen LogP contribution in [-0.2, 0) is 11.2 Å². The summed E-state index contributed by atoms with van der Waals surface area (Å²) in [6, 6.07) is 9.41. The summed E-state index contributed by atoms with van der Waals surface area (Å²) >= 11 is 0. The van der Waals surface area contributed by atoms with Crippen LogP contribution in [0.1, 0.15) is 81.8 Å². The summed E-state index contributed by atoms with van der Waals surface area (Å²) < 4.78 is 0. The maximum atomic E-state index is 10.9. The molecule has 0 atom stereocenters. The fraction of sp³-hybridized carbons (Fsp3) is 0.625. The zero-order valence-corrected chi connectivity index (χ0v) is 15.8. The quantitative estimate of drug-likeness (QED) is 0.429. The van der Waals surface area contributed by atoms with Crippen molar-refractivity contribution in [3.63, 3.8) is 0 Å². The fourth-order valence-electron chi connectivity index (χ4n) is 4.68. The van der Waals surface area contributed by atoms with Crippen molar-refractivity contribution in [2.24, 2.45) is 17.8 Å². The van der Waals surface area contributed by atoms with Gasteiger partial charge < -0.3 is 4.79 Å². The van der Waals surface area contributed by atoms with Crippen LogP contribution >= 0.6 is 0 Å². The number of rotatable bonds is 6. The molecule has 136 valence electrons. The molecule has 0 amide bonds. The Balaban J connectivity index is 1.44. The molecule has 2 aliphatic rings. The molecule has 0 unspecified atom stereocenters. The maximum Gasteiger partial charge on any atom is 0.123 e. The number of hydrogen-bond acceptors (Lipinski definition) is 1. The molecule has 1 aromatic rings. The lowest BCUT2D eigenvalue weighted by atomic mass is 9.77. The van der Waals surface area contributed by atoms with Crippen molar-refractivity contribution in [2.45, 2.75) is 77.0 Å². The third-order valence-electron chi connectivity index (χ3n) is 6.43. The highest BCUT2D eigenvalue weighted by Gasteiger charge is 2.22. The van der Waals surface area contributed by atoms with Gasteiger partial charge in [-0.1, -0.05) is 49.8 Å². The van der Waals surface area contributed by atoms with E-state index in [2.05, 4.69) is 43.3 Å². The van der Waals surface area contributed by atoms with Crippen LogP contribution in [0.4, 0.5) is 0 Å². The Morgan fingerprint density at radius 3 is 1.84 bits per heavy atom. The number of aldehydes is 1. The molecule has 0 spiro atoms. The Kier molecular flexibility index (Phi) is 6.90. The van der Waals surface area contributed by atoms with E-state index in [9.17, 15) is 4.79 Å². The molecule has 1 nitrogen and oxygen atoms in total. The predicted octanol–water partition coefficient (Wildman–Crippen LogP) is 6.47. The molecular weight excluding hydrogens is 304 g/mol. The molecule has 0 N–H and O–H groups in total. The first-order chi connectivity index (χ1) is 12.3. The molecule has 2 aliphatic carbocycles. The minimum Gasteiger partial charge on any atom is -0.303 e. The average molecular weight is 339 g/mol. The summed E-state index contributed by atoms with van der Waals surface area (Å²) in [7, 11) is 0. The van der Waals surface area contributed by atoms with Crippen molar-refractivity contribution in [2.75, 3.05) is 0 Å². The number of carbonyl (C=O) groups excluding carboxylic acids is 1. The Hall–Kier alpha value is -1.37. The van der Waals surface area contributed by atoms with Gasteiger partial charge in [-0.15, -0.1) is 0 Å². The molecule has 0 aromatic heterocycles. The monoisotopic (exact) mass is 338 g/mol. The van der Waals surface area contributed by atoms with Gasteiger partial charge in [0, 0.05) is 5.92 Å². The molecular formula is C24H34O. The number of benzene rings is 1. The van der Waals surface area contributed by atoms with E-state index >= 15 is 0 Å². The van der Waals surface area contributed by atoms with Gasteiger partial charge in [0.2, 0.25) is 0 Å². The second-order valence-electron chi connectivity index (χ2n) is 8.30. The lowest BCUT2D eigenvalue weighted by Gasteiger charge is -2.28. The number of allylic oxidation sites excluding steroid dienone is 2. The molecule has 1 aromatic carbocycles. The van der Waals surface area contributed by atoms with Gasteiger partial charge in [0.1, 0.15) is 6.29 Å². The number of carbonyl (C=O) groups is 1. The van der Waals surface area contributed by atoms with Gasteiger partial charge in [0.25, 0.3) is 0 Å². The van der Waals surface area contributed by atoms with E-state index in [0.29, 0.717) is 5.92 Å². The van der Waals surface area contributed by atoms with Crippen LogP contribution in [0.5, 0.6) is 0 Å². The van der Waals surface area contributed by atoms with Crippen molar-refractivity contribution < 1.29 is 4.79 Å². The lowest BCUT2D eigenvalue weighted by molar-refractivity contribution is -0.112. The van der Waals surface area contributed by atoms with Crippen molar-refractivity contribution in [1.82, 2.24) is 0 Å². The molecule has 0 heterocycles. The summed E-state index contributed by atoms with van der Waals surface area (Å²) in [5.41, 5.74) is 3.03. The summed E-state index contributed by atoms with van der Waals surface area (Å²) in [6.07, 6.45) is 18.5. The first-order valence-corrected chi connectivity index (χ1v) is 10.5. The fourth-order valence-corrected chi connectivity index (χ4v) is 4.68. The highest BCUT2D eigenvalue weighted by Crippen LogP contribution is 2.37. The topological polar surface area (TPSA) is 17.1 Å². The smallest absolute Gasteiger partial charge is 0.123 e. The predicted molar refractivity (Wildman–Crippen MR) is 106 cm³/mol. The summed E-state index contributed by atoms with van der Waals surface area (Å²) in [5, 5.41) is 0. The third-order valence-corrected chi connectivity index (χ3v) is 6.43. The van der Waals surface area contributed by atoms with E-state index in [-0.39, 0.29) is 0 Å². The van der Waals surface area contributed by atoms with E-state index in [1.54, 1.807) is 5.56 Å². The number of aryl methyl sites for hydroxylation is 1. The molecule has 2 fully saturated rings. The summed E-state index contributed by atoms with van der Waals surface area (Å²) in [4.78, 5) is 10.9. The lowest BCUT2D eigenvalue weighted by Crippen LogP contribution is -2.15. The van der Waals surface area contributed by atoms with Gasteiger partial charge in [-0.3, -0.25) is 0 Å². The molecule has 2 saturated carbocycles. The van der Waals surface area contributed by atoms with Crippen LogP contribution < -0.4 is 0 Å². The number of hydrogen-bond donors (Lipinski definition) is 0. The van der Waals surface area contributed by atoms with Crippen LogP contribution in [0.3, 0.4) is 0 Å². The largest absolute Gasteiger partial charge is 0.303 e. The molecule has 0 aliphatic heterocycles. The van der Waals surface area contributed by atoms with E-state index in [0.717, 1.165) is 36.9 Å². The second-order valence-corrected chi connectivity index (χ2v) is 8.30. The maximum absolute atomic E-state index is 10.9. The van der Waals surface area contributed by atoms with E-state index in [4.69, 9.17) is 0 Å². The van der Waals surface area contributed by atoms with Crippen LogP contribution in [0, 0.1) is 17.8 Å². The zero-order chi connectivity index (χ0) is 17.5. The second kappa shape index (κ2) is 9.36. The Morgan fingerprint density at radius 1 is 0.800 bits per heavy atom. The van der Waals surface area contributed by atoms with Gasteiger partial charge in [-0.2, -0.15) is 0 Å². The summed E-state index contributed by atoms with van der Waals surface area (Å²) in [5.74, 6) is 2.60. The van der Waals surface area contributed by atoms with E-state index in [1.165, 1.54) is 56.9 Å².